The van der Waals surface area contributed by atoms with Gasteiger partial charge in [0.15, 0.2) is 5.78 Å². The number of anilines is 3. The Hall–Kier alpha value is -3.67. The maximum Gasteiger partial charge on any atom is 0.246 e. The third-order valence-electron chi connectivity index (χ3n) is 8.18. The number of likely N-dealkylation sites (tertiary alicyclic amines) is 1. The number of nitrogens with zero attached hydrogens (tertiary/aromatic N) is 4. The molecule has 252 valence electrons. The number of hydrogen-bond acceptors (Lipinski definition) is 9. The zero-order chi connectivity index (χ0) is 32.2. The van der Waals surface area contributed by atoms with E-state index in [4.69, 9.17) is 4.74 Å². The Balaban J connectivity index is 0.00000368. The van der Waals surface area contributed by atoms with Gasteiger partial charge in [-0.3, -0.25) is 14.4 Å². The van der Waals surface area contributed by atoms with Gasteiger partial charge in [0.05, 0.1) is 24.7 Å². The van der Waals surface area contributed by atoms with E-state index in [1.807, 2.05) is 76.2 Å². The molecule has 1 fully saturated rings. The standard InChI is InChI=1S/C33H45N7O4.2ClH/c1-20(34-5)31(42)38-29(33(2,3)4)32(43)40-15-9-10-26(40)27(41)17-21-16-24-25(18-28(21)44-8)35-19-36-30(24)37-22-11-13-23(14-12-22)39(6)7;;/h11-14,16,18-20,26,29,34H,9-10,15,17H2,1-8H3,(H,38,42)(H,35,36,37);2*1H/t20-,26-,29+;;/m0../s1. The molecular weight excluding hydrogens is 629 g/mol. The number of methoxy groups -OCH3 is 1. The zero-order valence-corrected chi connectivity index (χ0v) is 29.5. The molecule has 0 aliphatic carbocycles. The Morgan fingerprint density at radius 3 is 2.35 bits per heavy atom. The van der Waals surface area contributed by atoms with Crippen molar-refractivity contribution in [3.8, 4) is 5.75 Å². The van der Waals surface area contributed by atoms with Gasteiger partial charge in [-0.2, -0.15) is 0 Å². The molecule has 0 bridgehead atoms. The first-order valence-corrected chi connectivity index (χ1v) is 15.0. The van der Waals surface area contributed by atoms with Crippen LogP contribution in [0, 0.1) is 5.41 Å². The zero-order valence-electron chi connectivity index (χ0n) is 27.8. The molecular formula is C33H47Cl2N7O4. The molecule has 0 saturated carbocycles. The minimum Gasteiger partial charge on any atom is -0.496 e. The Kier molecular flexibility index (Phi) is 13.6. The van der Waals surface area contributed by atoms with Crippen LogP contribution in [0.15, 0.2) is 42.7 Å². The van der Waals surface area contributed by atoms with Crippen LogP contribution in [0.3, 0.4) is 0 Å². The van der Waals surface area contributed by atoms with Crippen LogP contribution < -0.4 is 25.6 Å². The van der Waals surface area contributed by atoms with Gasteiger partial charge < -0.3 is 30.5 Å². The number of ketones is 1. The van der Waals surface area contributed by atoms with Gasteiger partial charge in [0.2, 0.25) is 11.8 Å². The fraction of sp³-hybridized carbons (Fsp3) is 0.485. The van der Waals surface area contributed by atoms with Crippen molar-refractivity contribution in [1.82, 2.24) is 25.5 Å². The van der Waals surface area contributed by atoms with Crippen molar-refractivity contribution in [2.75, 3.05) is 45.0 Å². The van der Waals surface area contributed by atoms with Crippen molar-refractivity contribution in [1.29, 1.82) is 0 Å². The first kappa shape index (κ1) is 38.5. The summed E-state index contributed by atoms with van der Waals surface area (Å²) in [6.45, 7) is 7.94. The number of ether oxygens (including phenoxy) is 1. The molecule has 3 N–H and O–H groups in total. The summed E-state index contributed by atoms with van der Waals surface area (Å²) in [6, 6.07) is 9.88. The number of likely N-dealkylation sites (N-methyl/N-ethyl adjacent to an activating group) is 1. The lowest BCUT2D eigenvalue weighted by atomic mass is 9.85. The first-order valence-electron chi connectivity index (χ1n) is 15.0. The molecule has 1 aliphatic rings. The highest BCUT2D eigenvalue weighted by atomic mass is 35.5. The third-order valence-corrected chi connectivity index (χ3v) is 8.18. The average molecular weight is 677 g/mol. The third kappa shape index (κ3) is 8.77. The minimum atomic E-state index is -0.771. The summed E-state index contributed by atoms with van der Waals surface area (Å²) < 4.78 is 5.67. The number of aromatic nitrogens is 2. The second-order valence-corrected chi connectivity index (χ2v) is 12.6. The van der Waals surface area contributed by atoms with Crippen LogP contribution in [0.5, 0.6) is 5.75 Å². The maximum atomic E-state index is 13.9. The van der Waals surface area contributed by atoms with Gasteiger partial charge in [0, 0.05) is 55.5 Å². The van der Waals surface area contributed by atoms with Crippen molar-refractivity contribution in [2.45, 2.75) is 65.1 Å². The van der Waals surface area contributed by atoms with Crippen molar-refractivity contribution >= 4 is 70.5 Å². The number of nitrogens with one attached hydrogen (secondary N) is 3. The molecule has 11 nitrogen and oxygen atoms in total. The summed E-state index contributed by atoms with van der Waals surface area (Å²) in [6.07, 6.45) is 2.84. The van der Waals surface area contributed by atoms with Gasteiger partial charge in [-0.05, 0) is 62.6 Å². The van der Waals surface area contributed by atoms with Crippen molar-refractivity contribution in [3.05, 3.63) is 48.3 Å². The highest BCUT2D eigenvalue weighted by molar-refractivity contribution is 5.97. The molecule has 4 rings (SSSR count). The highest BCUT2D eigenvalue weighted by Gasteiger charge is 2.42. The Morgan fingerprint density at radius 1 is 1.09 bits per heavy atom. The van der Waals surface area contributed by atoms with Crippen molar-refractivity contribution in [2.24, 2.45) is 5.41 Å². The largest absolute Gasteiger partial charge is 0.496 e. The van der Waals surface area contributed by atoms with E-state index in [0.29, 0.717) is 42.0 Å². The van der Waals surface area contributed by atoms with E-state index in [2.05, 4.69) is 25.9 Å². The van der Waals surface area contributed by atoms with E-state index in [-0.39, 0.29) is 48.8 Å². The number of carbonyl (C=O) groups is 3. The van der Waals surface area contributed by atoms with Crippen LogP contribution in [-0.2, 0) is 20.8 Å². The summed E-state index contributed by atoms with van der Waals surface area (Å²) in [7, 11) is 7.24. The van der Waals surface area contributed by atoms with Gasteiger partial charge in [-0.1, -0.05) is 20.8 Å². The van der Waals surface area contributed by atoms with E-state index in [0.717, 1.165) is 16.8 Å². The quantitative estimate of drug-likeness (QED) is 0.268. The molecule has 1 saturated heterocycles. The van der Waals surface area contributed by atoms with Crippen molar-refractivity contribution < 1.29 is 19.1 Å². The smallest absolute Gasteiger partial charge is 0.246 e. The summed E-state index contributed by atoms with van der Waals surface area (Å²) in [4.78, 5) is 53.0. The van der Waals surface area contributed by atoms with Gasteiger partial charge in [0.1, 0.15) is 23.9 Å². The van der Waals surface area contributed by atoms with Crippen LogP contribution in [0.2, 0.25) is 0 Å². The first-order chi connectivity index (χ1) is 20.8. The number of amides is 2. The summed E-state index contributed by atoms with van der Waals surface area (Å²) in [5.41, 5.74) is 2.77. The Morgan fingerprint density at radius 2 is 1.76 bits per heavy atom. The molecule has 2 heterocycles. The van der Waals surface area contributed by atoms with E-state index < -0.39 is 23.5 Å². The number of Topliss-reactive ketones (excluding diaryl/α,β-unsaturated/α-hetero) is 1. The fourth-order valence-electron chi connectivity index (χ4n) is 5.42. The highest BCUT2D eigenvalue weighted by Crippen LogP contribution is 2.32. The van der Waals surface area contributed by atoms with Crippen LogP contribution >= 0.6 is 24.8 Å². The molecule has 1 aliphatic heterocycles. The molecule has 2 amide bonds. The Labute approximate surface area is 284 Å². The second-order valence-electron chi connectivity index (χ2n) is 12.6. The summed E-state index contributed by atoms with van der Waals surface area (Å²) in [5, 5.41) is 9.96. The molecule has 1 aromatic heterocycles. The van der Waals surface area contributed by atoms with E-state index in [1.165, 1.54) is 6.33 Å². The van der Waals surface area contributed by atoms with Crippen LogP contribution in [0.4, 0.5) is 17.2 Å². The Bertz CT molecular complexity index is 1510. The number of hydrogen-bond donors (Lipinski definition) is 3. The molecule has 46 heavy (non-hydrogen) atoms. The molecule has 3 aromatic rings. The van der Waals surface area contributed by atoms with Gasteiger partial charge >= 0.3 is 0 Å². The lowest BCUT2D eigenvalue weighted by Crippen LogP contribution is -2.58. The van der Waals surface area contributed by atoms with E-state index in [1.54, 1.807) is 26.0 Å². The van der Waals surface area contributed by atoms with Gasteiger partial charge in [-0.25, -0.2) is 9.97 Å². The predicted molar refractivity (Wildman–Crippen MR) is 188 cm³/mol. The van der Waals surface area contributed by atoms with Crippen LogP contribution in [0.1, 0.15) is 46.1 Å². The lowest BCUT2D eigenvalue weighted by Gasteiger charge is -2.36. The predicted octanol–water partition coefficient (Wildman–Crippen LogP) is 4.53. The van der Waals surface area contributed by atoms with E-state index >= 15 is 0 Å². The van der Waals surface area contributed by atoms with Gasteiger partial charge in [0.25, 0.3) is 0 Å². The monoisotopic (exact) mass is 675 g/mol. The van der Waals surface area contributed by atoms with E-state index in [9.17, 15) is 14.4 Å². The molecule has 0 radical (unpaired) electrons. The van der Waals surface area contributed by atoms with Crippen LogP contribution in [-0.4, -0.2) is 85.4 Å². The summed E-state index contributed by atoms with van der Waals surface area (Å²) in [5.74, 6) is 0.574. The number of benzene rings is 2. The second kappa shape index (κ2) is 16.2. The summed E-state index contributed by atoms with van der Waals surface area (Å²) >= 11 is 0. The topological polar surface area (TPSA) is 129 Å². The number of carbonyl (C=O) groups excluding carboxylic acids is 3. The van der Waals surface area contributed by atoms with Gasteiger partial charge in [-0.15, -0.1) is 24.8 Å². The normalized spacial score (nSPS) is 15.7. The molecule has 2 aromatic carbocycles. The SMILES string of the molecule is CN[C@@H](C)C(=O)N[C@H](C(=O)N1CCC[C@H]1C(=O)Cc1cc2c(Nc3ccc(N(C)C)cc3)ncnc2cc1OC)C(C)(C)C.Cl.Cl. The van der Waals surface area contributed by atoms with Crippen molar-refractivity contribution in [3.63, 3.8) is 0 Å². The van der Waals surface area contributed by atoms with Crippen LogP contribution in [0.25, 0.3) is 10.9 Å². The lowest BCUT2D eigenvalue weighted by molar-refractivity contribution is -0.143. The fourth-order valence-corrected chi connectivity index (χ4v) is 5.42. The number of rotatable bonds is 11. The minimum absolute atomic E-state index is 0. The molecule has 13 heteroatoms. The maximum absolute atomic E-state index is 13.9. The number of halogens is 2. The molecule has 3 atom stereocenters. The number of fused-ring (bicyclic) bond motifs is 1. The molecule has 0 spiro atoms. The average Bonchev–Trinajstić information content (AvgIpc) is 3.49. The molecule has 0 unspecified atom stereocenters.